The van der Waals surface area contributed by atoms with Gasteiger partial charge in [0.15, 0.2) is 0 Å². The molecule has 0 aromatic carbocycles. The molecule has 0 amide bonds. The van der Waals surface area contributed by atoms with Gasteiger partial charge in [-0.1, -0.05) is 11.6 Å². The standard InChI is InChI=1S/C20H19ClN4O3/c1-11-22-8-16(15-6-19(26)24-9-17(15)21)20(25-11)28-10-12-5-14(12)18-4-3-13(27-2)7-23-18/h3-4,6-9,12,14H,5,10H2,1-2H3,(H,24,26). The molecule has 8 heteroatoms. The monoisotopic (exact) mass is 398 g/mol. The van der Waals surface area contributed by atoms with Crippen molar-refractivity contribution >= 4 is 11.6 Å². The molecule has 0 saturated heterocycles. The zero-order valence-corrected chi connectivity index (χ0v) is 16.2. The molecule has 3 heterocycles. The number of aromatic amines is 1. The number of ether oxygens (including phenoxy) is 2. The Kier molecular flexibility index (Phi) is 5.00. The summed E-state index contributed by atoms with van der Waals surface area (Å²) in [5.74, 6) is 2.48. The fourth-order valence-corrected chi connectivity index (χ4v) is 3.33. The second-order valence-corrected chi connectivity index (χ2v) is 7.14. The van der Waals surface area contributed by atoms with Crippen LogP contribution in [0.2, 0.25) is 5.02 Å². The highest BCUT2D eigenvalue weighted by atomic mass is 35.5. The summed E-state index contributed by atoms with van der Waals surface area (Å²) in [5.41, 5.74) is 1.93. The van der Waals surface area contributed by atoms with E-state index in [1.165, 1.54) is 12.3 Å². The SMILES string of the molecule is COc1ccc(C2CC2COc2nc(C)ncc2-c2cc(=O)[nH]cc2Cl)nc1. The Morgan fingerprint density at radius 3 is 2.86 bits per heavy atom. The van der Waals surface area contributed by atoms with Crippen LogP contribution in [-0.4, -0.2) is 33.7 Å². The quantitative estimate of drug-likeness (QED) is 0.684. The van der Waals surface area contributed by atoms with E-state index in [-0.39, 0.29) is 5.56 Å². The Balaban J connectivity index is 1.50. The second kappa shape index (κ2) is 7.59. The van der Waals surface area contributed by atoms with E-state index >= 15 is 0 Å². The zero-order chi connectivity index (χ0) is 19.7. The number of aryl methyl sites for hydroxylation is 1. The lowest BCUT2D eigenvalue weighted by Crippen LogP contribution is -2.08. The van der Waals surface area contributed by atoms with Gasteiger partial charge < -0.3 is 14.5 Å². The summed E-state index contributed by atoms with van der Waals surface area (Å²) in [6.07, 6.45) is 5.82. The van der Waals surface area contributed by atoms with Crippen molar-refractivity contribution in [1.82, 2.24) is 19.9 Å². The first kappa shape index (κ1) is 18.4. The molecule has 7 nitrogen and oxygen atoms in total. The van der Waals surface area contributed by atoms with Crippen molar-refractivity contribution in [2.75, 3.05) is 13.7 Å². The third-order valence-electron chi connectivity index (χ3n) is 4.77. The summed E-state index contributed by atoms with van der Waals surface area (Å²) in [6.45, 7) is 2.29. The first-order chi connectivity index (χ1) is 13.5. The minimum atomic E-state index is -0.251. The number of aromatic nitrogens is 4. The van der Waals surface area contributed by atoms with Gasteiger partial charge in [0.1, 0.15) is 11.6 Å². The average Bonchev–Trinajstić information content (AvgIpc) is 3.48. The van der Waals surface area contributed by atoms with Gasteiger partial charge in [-0.3, -0.25) is 9.78 Å². The Morgan fingerprint density at radius 1 is 1.25 bits per heavy atom. The minimum Gasteiger partial charge on any atom is -0.495 e. The van der Waals surface area contributed by atoms with Crippen LogP contribution in [0.15, 0.2) is 41.6 Å². The number of nitrogens with zero attached hydrogens (tertiary/aromatic N) is 3. The highest BCUT2D eigenvalue weighted by Gasteiger charge is 2.40. The summed E-state index contributed by atoms with van der Waals surface area (Å²) in [5, 5.41) is 0.406. The molecule has 2 unspecified atom stereocenters. The van der Waals surface area contributed by atoms with Crippen LogP contribution < -0.4 is 15.0 Å². The number of rotatable bonds is 6. The summed E-state index contributed by atoms with van der Waals surface area (Å²) in [7, 11) is 1.62. The lowest BCUT2D eigenvalue weighted by Gasteiger charge is -2.11. The van der Waals surface area contributed by atoms with Crippen LogP contribution >= 0.6 is 11.6 Å². The predicted octanol–water partition coefficient (Wildman–Crippen LogP) is 3.38. The number of nitrogens with one attached hydrogen (secondary N) is 1. The van der Waals surface area contributed by atoms with E-state index in [4.69, 9.17) is 21.1 Å². The third-order valence-corrected chi connectivity index (χ3v) is 5.08. The van der Waals surface area contributed by atoms with Crippen molar-refractivity contribution in [3.05, 3.63) is 63.7 Å². The molecule has 144 valence electrons. The molecule has 3 aromatic heterocycles. The highest BCUT2D eigenvalue weighted by molar-refractivity contribution is 6.33. The molecule has 1 saturated carbocycles. The van der Waals surface area contributed by atoms with Gasteiger partial charge in [-0.25, -0.2) is 4.98 Å². The summed E-state index contributed by atoms with van der Waals surface area (Å²) >= 11 is 6.25. The van der Waals surface area contributed by atoms with Crippen LogP contribution in [0.3, 0.4) is 0 Å². The Labute approximate surface area is 166 Å². The van der Waals surface area contributed by atoms with Gasteiger partial charge in [0.25, 0.3) is 0 Å². The average molecular weight is 399 g/mol. The van der Waals surface area contributed by atoms with E-state index < -0.39 is 0 Å². The molecule has 0 bridgehead atoms. The second-order valence-electron chi connectivity index (χ2n) is 6.73. The molecular formula is C20H19ClN4O3. The molecule has 1 fully saturated rings. The molecule has 2 atom stereocenters. The van der Waals surface area contributed by atoms with E-state index in [9.17, 15) is 4.79 Å². The van der Waals surface area contributed by atoms with Crippen LogP contribution in [0, 0.1) is 12.8 Å². The first-order valence-electron chi connectivity index (χ1n) is 8.90. The van der Waals surface area contributed by atoms with Crippen LogP contribution in [0.1, 0.15) is 23.9 Å². The van der Waals surface area contributed by atoms with Gasteiger partial charge in [0, 0.05) is 41.6 Å². The Morgan fingerprint density at radius 2 is 2.11 bits per heavy atom. The molecule has 4 rings (SSSR count). The van der Waals surface area contributed by atoms with Crippen LogP contribution in [0.25, 0.3) is 11.1 Å². The highest BCUT2D eigenvalue weighted by Crippen LogP contribution is 2.47. The van der Waals surface area contributed by atoms with E-state index in [1.54, 1.807) is 26.4 Å². The third kappa shape index (κ3) is 3.84. The molecule has 1 N–H and O–H groups in total. The molecule has 0 radical (unpaired) electrons. The Bertz CT molecular complexity index is 1050. The minimum absolute atomic E-state index is 0.251. The summed E-state index contributed by atoms with van der Waals surface area (Å²) in [6, 6.07) is 5.32. The lowest BCUT2D eigenvalue weighted by atomic mass is 10.1. The van der Waals surface area contributed by atoms with Crippen molar-refractivity contribution < 1.29 is 9.47 Å². The lowest BCUT2D eigenvalue weighted by molar-refractivity contribution is 0.285. The predicted molar refractivity (Wildman–Crippen MR) is 105 cm³/mol. The van der Waals surface area contributed by atoms with Gasteiger partial charge in [0.2, 0.25) is 11.4 Å². The fraction of sp³-hybridized carbons (Fsp3) is 0.300. The number of methoxy groups -OCH3 is 1. The van der Waals surface area contributed by atoms with Crippen LogP contribution in [-0.2, 0) is 0 Å². The molecule has 1 aliphatic carbocycles. The number of hydrogen-bond donors (Lipinski definition) is 1. The maximum absolute atomic E-state index is 11.7. The number of hydrogen-bond acceptors (Lipinski definition) is 6. The van der Waals surface area contributed by atoms with Gasteiger partial charge in [0.05, 0.1) is 30.5 Å². The van der Waals surface area contributed by atoms with Crippen molar-refractivity contribution in [3.63, 3.8) is 0 Å². The number of pyridine rings is 2. The zero-order valence-electron chi connectivity index (χ0n) is 15.5. The van der Waals surface area contributed by atoms with Gasteiger partial charge in [-0.2, -0.15) is 4.98 Å². The van der Waals surface area contributed by atoms with E-state index in [2.05, 4.69) is 19.9 Å². The Hall–Kier alpha value is -2.93. The van der Waals surface area contributed by atoms with E-state index in [0.717, 1.165) is 17.9 Å². The number of halogens is 1. The van der Waals surface area contributed by atoms with Crippen molar-refractivity contribution in [2.45, 2.75) is 19.3 Å². The first-order valence-corrected chi connectivity index (χ1v) is 9.28. The van der Waals surface area contributed by atoms with Crippen LogP contribution in [0.5, 0.6) is 11.6 Å². The molecular weight excluding hydrogens is 380 g/mol. The molecule has 3 aromatic rings. The number of H-pyrrole nitrogens is 1. The molecule has 0 spiro atoms. The van der Waals surface area contributed by atoms with Gasteiger partial charge in [-0.15, -0.1) is 0 Å². The van der Waals surface area contributed by atoms with Crippen molar-refractivity contribution in [1.29, 1.82) is 0 Å². The maximum atomic E-state index is 11.7. The molecule has 0 aliphatic heterocycles. The maximum Gasteiger partial charge on any atom is 0.248 e. The summed E-state index contributed by atoms with van der Waals surface area (Å²) < 4.78 is 11.2. The van der Waals surface area contributed by atoms with E-state index in [0.29, 0.717) is 46.3 Å². The van der Waals surface area contributed by atoms with Crippen molar-refractivity contribution in [2.24, 2.45) is 5.92 Å². The van der Waals surface area contributed by atoms with Crippen molar-refractivity contribution in [3.8, 4) is 22.8 Å². The fourth-order valence-electron chi connectivity index (χ4n) is 3.12. The normalized spacial score (nSPS) is 18.0. The van der Waals surface area contributed by atoms with Gasteiger partial charge >= 0.3 is 0 Å². The summed E-state index contributed by atoms with van der Waals surface area (Å²) in [4.78, 5) is 27.3. The van der Waals surface area contributed by atoms with E-state index in [1.807, 2.05) is 12.1 Å². The largest absolute Gasteiger partial charge is 0.495 e. The topological polar surface area (TPSA) is 90.0 Å². The molecule has 28 heavy (non-hydrogen) atoms. The van der Waals surface area contributed by atoms with Crippen LogP contribution in [0.4, 0.5) is 0 Å². The smallest absolute Gasteiger partial charge is 0.248 e. The van der Waals surface area contributed by atoms with Gasteiger partial charge in [-0.05, 0) is 25.5 Å². The molecule has 1 aliphatic rings.